The smallest absolute Gasteiger partial charge is 0.241 e. The molecule has 1 atom stereocenters. The lowest BCUT2D eigenvalue weighted by atomic mass is 10.1. The number of carbonyl (C=O) groups excluding carboxylic acids is 2. The molecule has 2 amide bonds. The van der Waals surface area contributed by atoms with Crippen LogP contribution in [0.15, 0.2) is 60.9 Å². The average molecular weight is 447 g/mol. The number of H-pyrrole nitrogens is 2. The van der Waals surface area contributed by atoms with Gasteiger partial charge in [0.1, 0.15) is 0 Å². The first kappa shape index (κ1) is 22.6. The second-order valence-corrected chi connectivity index (χ2v) is 8.17. The van der Waals surface area contributed by atoms with Gasteiger partial charge in [-0.3, -0.25) is 9.59 Å². The van der Waals surface area contributed by atoms with Crippen LogP contribution in [0.4, 0.5) is 0 Å². The highest BCUT2D eigenvalue weighted by Gasteiger charge is 2.22. The molecule has 8 heteroatoms. The quantitative estimate of drug-likeness (QED) is 0.253. The van der Waals surface area contributed by atoms with Crippen LogP contribution in [0, 0.1) is 0 Å². The second kappa shape index (κ2) is 10.3. The van der Waals surface area contributed by atoms with E-state index in [0.717, 1.165) is 32.9 Å². The Labute approximate surface area is 192 Å². The van der Waals surface area contributed by atoms with E-state index in [-0.39, 0.29) is 24.9 Å². The number of nitrogens with two attached hydrogens (primary N) is 2. The SMILES string of the molecule is NC[C@H](N)C(=O)N(CCc1c[nH]c2ccccc12)CC(=O)NCCc1c[nH]c2ccccc12. The van der Waals surface area contributed by atoms with Crippen molar-refractivity contribution in [2.24, 2.45) is 11.5 Å². The highest BCUT2D eigenvalue weighted by Crippen LogP contribution is 2.19. The van der Waals surface area contributed by atoms with Gasteiger partial charge in [0.2, 0.25) is 11.8 Å². The van der Waals surface area contributed by atoms with Crippen molar-refractivity contribution in [3.05, 3.63) is 72.1 Å². The van der Waals surface area contributed by atoms with Gasteiger partial charge >= 0.3 is 0 Å². The molecule has 4 aromatic rings. The van der Waals surface area contributed by atoms with E-state index < -0.39 is 6.04 Å². The van der Waals surface area contributed by atoms with Crippen LogP contribution in [0.1, 0.15) is 11.1 Å². The minimum absolute atomic E-state index is 0.0323. The van der Waals surface area contributed by atoms with E-state index in [1.165, 1.54) is 4.90 Å². The molecule has 0 bridgehead atoms. The van der Waals surface area contributed by atoms with Gasteiger partial charge in [0, 0.05) is 53.8 Å². The number of fused-ring (bicyclic) bond motifs is 2. The maximum Gasteiger partial charge on any atom is 0.241 e. The molecule has 2 aromatic carbocycles. The standard InChI is InChI=1S/C25H30N6O2/c26-13-21(27)25(33)31(12-10-18-15-30-23-8-4-2-6-20(18)23)16-24(32)28-11-9-17-14-29-22-7-3-1-5-19(17)22/h1-8,14-15,21,29-30H,9-13,16,26-27H2,(H,28,32)/t21-/m0/s1. The monoisotopic (exact) mass is 446 g/mol. The number of aromatic nitrogens is 2. The number of para-hydroxylation sites is 2. The fraction of sp³-hybridized carbons (Fsp3) is 0.280. The summed E-state index contributed by atoms with van der Waals surface area (Å²) < 4.78 is 0. The summed E-state index contributed by atoms with van der Waals surface area (Å²) in [7, 11) is 0. The van der Waals surface area contributed by atoms with Crippen molar-refractivity contribution in [3.63, 3.8) is 0 Å². The number of hydrogen-bond acceptors (Lipinski definition) is 4. The van der Waals surface area contributed by atoms with Crippen molar-refractivity contribution >= 4 is 33.6 Å². The van der Waals surface area contributed by atoms with E-state index in [9.17, 15) is 9.59 Å². The molecule has 0 saturated heterocycles. The number of aromatic amines is 2. The lowest BCUT2D eigenvalue weighted by Gasteiger charge is -2.24. The Morgan fingerprint density at radius 1 is 0.909 bits per heavy atom. The zero-order chi connectivity index (χ0) is 23.2. The van der Waals surface area contributed by atoms with Crippen LogP contribution in [0.2, 0.25) is 0 Å². The summed E-state index contributed by atoms with van der Waals surface area (Å²) in [4.78, 5) is 33.4. The van der Waals surface area contributed by atoms with Crippen LogP contribution >= 0.6 is 0 Å². The molecule has 4 rings (SSSR count). The van der Waals surface area contributed by atoms with E-state index in [2.05, 4.69) is 21.4 Å². The van der Waals surface area contributed by atoms with Crippen molar-refractivity contribution in [1.29, 1.82) is 0 Å². The summed E-state index contributed by atoms with van der Waals surface area (Å²) in [5.74, 6) is -0.532. The first-order chi connectivity index (χ1) is 16.1. The largest absolute Gasteiger partial charge is 0.361 e. The molecule has 0 aliphatic rings. The zero-order valence-electron chi connectivity index (χ0n) is 18.5. The Balaban J connectivity index is 1.36. The van der Waals surface area contributed by atoms with Gasteiger partial charge in [0.25, 0.3) is 0 Å². The van der Waals surface area contributed by atoms with Gasteiger partial charge in [0.15, 0.2) is 0 Å². The summed E-state index contributed by atoms with van der Waals surface area (Å²) in [6.07, 6.45) is 5.21. The van der Waals surface area contributed by atoms with Gasteiger partial charge < -0.3 is 31.7 Å². The van der Waals surface area contributed by atoms with E-state index in [0.29, 0.717) is 25.9 Å². The Bertz CT molecular complexity index is 1240. The number of rotatable bonds is 10. The summed E-state index contributed by atoms with van der Waals surface area (Å²) in [5.41, 5.74) is 15.8. The third kappa shape index (κ3) is 5.24. The maximum absolute atomic E-state index is 12.8. The van der Waals surface area contributed by atoms with Crippen molar-refractivity contribution in [2.75, 3.05) is 26.2 Å². The Morgan fingerprint density at radius 3 is 2.09 bits per heavy atom. The van der Waals surface area contributed by atoms with Crippen molar-refractivity contribution < 1.29 is 9.59 Å². The number of nitrogens with zero attached hydrogens (tertiary/aromatic N) is 1. The van der Waals surface area contributed by atoms with Crippen molar-refractivity contribution in [2.45, 2.75) is 18.9 Å². The van der Waals surface area contributed by atoms with E-state index in [1.54, 1.807) is 0 Å². The number of amides is 2. The van der Waals surface area contributed by atoms with Gasteiger partial charge in [-0.2, -0.15) is 0 Å². The highest BCUT2D eigenvalue weighted by atomic mass is 16.2. The fourth-order valence-electron chi connectivity index (χ4n) is 4.10. The molecule has 0 aliphatic heterocycles. The molecular weight excluding hydrogens is 416 g/mol. The minimum atomic E-state index is -0.827. The Morgan fingerprint density at radius 2 is 1.48 bits per heavy atom. The zero-order valence-corrected chi connectivity index (χ0v) is 18.5. The molecule has 0 saturated carbocycles. The Kier molecular flexibility index (Phi) is 7.07. The number of nitrogens with one attached hydrogen (secondary N) is 3. The third-order valence-corrected chi connectivity index (χ3v) is 5.93. The van der Waals surface area contributed by atoms with Crippen LogP contribution in [0.3, 0.4) is 0 Å². The average Bonchev–Trinajstić information content (AvgIpc) is 3.45. The van der Waals surface area contributed by atoms with Gasteiger partial charge in [-0.05, 0) is 36.1 Å². The molecule has 172 valence electrons. The third-order valence-electron chi connectivity index (χ3n) is 5.93. The first-order valence-electron chi connectivity index (χ1n) is 11.2. The molecule has 0 spiro atoms. The van der Waals surface area contributed by atoms with Crippen molar-refractivity contribution in [1.82, 2.24) is 20.2 Å². The first-order valence-corrected chi connectivity index (χ1v) is 11.2. The normalized spacial score (nSPS) is 12.2. The van der Waals surface area contributed by atoms with E-state index in [1.807, 2.05) is 54.9 Å². The minimum Gasteiger partial charge on any atom is -0.361 e. The fourth-order valence-corrected chi connectivity index (χ4v) is 4.10. The molecule has 0 fully saturated rings. The van der Waals surface area contributed by atoms with Gasteiger partial charge in [0.05, 0.1) is 12.6 Å². The van der Waals surface area contributed by atoms with Crippen molar-refractivity contribution in [3.8, 4) is 0 Å². The number of carbonyl (C=O) groups is 2. The molecule has 2 heterocycles. The summed E-state index contributed by atoms with van der Waals surface area (Å²) >= 11 is 0. The van der Waals surface area contributed by atoms with Crippen LogP contribution in [-0.2, 0) is 22.4 Å². The highest BCUT2D eigenvalue weighted by molar-refractivity contribution is 5.88. The van der Waals surface area contributed by atoms with Crippen LogP contribution in [-0.4, -0.2) is 58.9 Å². The summed E-state index contributed by atoms with van der Waals surface area (Å²) in [6.45, 7) is 0.839. The molecule has 2 aromatic heterocycles. The maximum atomic E-state index is 12.8. The molecule has 33 heavy (non-hydrogen) atoms. The molecular formula is C25H30N6O2. The second-order valence-electron chi connectivity index (χ2n) is 8.17. The van der Waals surface area contributed by atoms with Crippen LogP contribution < -0.4 is 16.8 Å². The number of hydrogen-bond donors (Lipinski definition) is 5. The summed E-state index contributed by atoms with van der Waals surface area (Å²) in [6, 6.07) is 15.2. The molecule has 7 N–H and O–H groups in total. The van der Waals surface area contributed by atoms with Crippen LogP contribution in [0.25, 0.3) is 21.8 Å². The van der Waals surface area contributed by atoms with E-state index >= 15 is 0 Å². The molecule has 8 nitrogen and oxygen atoms in total. The Hall–Kier alpha value is -3.62. The molecule has 0 aliphatic carbocycles. The lowest BCUT2D eigenvalue weighted by molar-refractivity contribution is -0.136. The topological polar surface area (TPSA) is 133 Å². The molecule has 0 radical (unpaired) electrons. The predicted octanol–water partition coefficient (Wildman–Crippen LogP) is 1.67. The van der Waals surface area contributed by atoms with Gasteiger partial charge in [-0.15, -0.1) is 0 Å². The van der Waals surface area contributed by atoms with Gasteiger partial charge in [-0.1, -0.05) is 36.4 Å². The predicted molar refractivity (Wildman–Crippen MR) is 131 cm³/mol. The van der Waals surface area contributed by atoms with Gasteiger partial charge in [-0.25, -0.2) is 0 Å². The molecule has 0 unspecified atom stereocenters. The number of benzene rings is 2. The van der Waals surface area contributed by atoms with E-state index in [4.69, 9.17) is 11.5 Å². The summed E-state index contributed by atoms with van der Waals surface area (Å²) in [5, 5.41) is 5.18. The van der Waals surface area contributed by atoms with Crippen LogP contribution in [0.5, 0.6) is 0 Å². The lowest BCUT2D eigenvalue weighted by Crippen LogP contribution is -2.51.